The Balaban J connectivity index is 2.58. The molecule has 0 heterocycles. The molecule has 0 aliphatic carbocycles. The number of halogens is 3. The van der Waals surface area contributed by atoms with Crippen LogP contribution in [0.25, 0.3) is 10.8 Å². The fourth-order valence-corrected chi connectivity index (χ4v) is 2.42. The maximum atomic E-state index is 13.3. The second kappa shape index (κ2) is 6.35. The first kappa shape index (κ1) is 15.6. The van der Waals surface area contributed by atoms with E-state index >= 15 is 0 Å². The second-order valence-electron chi connectivity index (χ2n) is 4.83. The fraction of sp³-hybridized carbons (Fsp3) is 0.375. The van der Waals surface area contributed by atoms with Gasteiger partial charge in [-0.1, -0.05) is 37.3 Å². The number of hydrogen-bond acceptors (Lipinski definition) is 2. The van der Waals surface area contributed by atoms with Gasteiger partial charge in [0, 0.05) is 5.39 Å². The summed E-state index contributed by atoms with van der Waals surface area (Å²) < 4.78 is 45.3. The molecule has 1 atom stereocenters. The summed E-state index contributed by atoms with van der Waals surface area (Å²) in [6, 6.07) is 8.39. The fourth-order valence-electron chi connectivity index (χ4n) is 2.42. The minimum atomic E-state index is -4.34. The quantitative estimate of drug-likeness (QED) is 0.880. The molecule has 1 N–H and O–H groups in total. The molecule has 0 aliphatic heterocycles. The topological polar surface area (TPSA) is 21.3 Å². The average molecular weight is 297 g/mol. The summed E-state index contributed by atoms with van der Waals surface area (Å²) >= 11 is 0. The second-order valence-corrected chi connectivity index (χ2v) is 4.83. The highest BCUT2D eigenvalue weighted by Gasteiger charge is 2.41. The van der Waals surface area contributed by atoms with Crippen molar-refractivity contribution in [2.24, 2.45) is 0 Å². The monoisotopic (exact) mass is 297 g/mol. The predicted octanol–water partition coefficient (Wildman–Crippen LogP) is 4.45. The van der Waals surface area contributed by atoms with Gasteiger partial charge in [-0.15, -0.1) is 0 Å². The lowest BCUT2D eigenvalue weighted by Crippen LogP contribution is -2.34. The number of ether oxygens (including phenoxy) is 1. The van der Waals surface area contributed by atoms with Crippen molar-refractivity contribution in [3.05, 3.63) is 42.0 Å². The van der Waals surface area contributed by atoms with Gasteiger partial charge < -0.3 is 10.1 Å². The Kier molecular flexibility index (Phi) is 4.73. The number of rotatable bonds is 5. The van der Waals surface area contributed by atoms with E-state index in [0.717, 1.165) is 0 Å². The smallest absolute Gasteiger partial charge is 0.407 e. The molecule has 0 aliphatic rings. The predicted molar refractivity (Wildman–Crippen MR) is 77.6 cm³/mol. The van der Waals surface area contributed by atoms with E-state index < -0.39 is 12.2 Å². The molecule has 2 aromatic rings. The van der Waals surface area contributed by atoms with Crippen LogP contribution in [0.5, 0.6) is 5.75 Å². The van der Waals surface area contributed by atoms with Crippen LogP contribution in [0, 0.1) is 0 Å². The molecule has 0 aromatic heterocycles. The van der Waals surface area contributed by atoms with Gasteiger partial charge in [-0.2, -0.15) is 13.2 Å². The lowest BCUT2D eigenvalue weighted by Gasteiger charge is -2.24. The number of hydrogen-bond donors (Lipinski definition) is 1. The number of fused-ring (bicyclic) bond motifs is 1. The molecular formula is C16H18F3NO. The molecule has 2 aromatic carbocycles. The molecule has 2 nitrogen and oxygen atoms in total. The van der Waals surface area contributed by atoms with Crippen molar-refractivity contribution < 1.29 is 17.9 Å². The van der Waals surface area contributed by atoms with Gasteiger partial charge in [-0.05, 0) is 30.0 Å². The largest absolute Gasteiger partial charge is 0.496 e. The zero-order valence-electron chi connectivity index (χ0n) is 12.0. The Morgan fingerprint density at radius 2 is 1.76 bits per heavy atom. The summed E-state index contributed by atoms with van der Waals surface area (Å²) in [5, 5.41) is 3.83. The van der Waals surface area contributed by atoms with Gasteiger partial charge in [0.25, 0.3) is 0 Å². The van der Waals surface area contributed by atoms with Gasteiger partial charge in [-0.3, -0.25) is 0 Å². The van der Waals surface area contributed by atoms with Crippen LogP contribution in [0.2, 0.25) is 0 Å². The molecule has 1 unspecified atom stereocenters. The molecule has 0 amide bonds. The summed E-state index contributed by atoms with van der Waals surface area (Å²) in [6.07, 6.45) is -3.70. The Hall–Kier alpha value is -1.75. The van der Waals surface area contributed by atoms with Gasteiger partial charge >= 0.3 is 6.18 Å². The van der Waals surface area contributed by atoms with Crippen molar-refractivity contribution in [2.75, 3.05) is 13.7 Å². The summed E-state index contributed by atoms with van der Waals surface area (Å²) in [4.78, 5) is 0. The Labute approximate surface area is 121 Å². The SMILES string of the molecule is CCCNC(c1ccc(OC)c2ccccc12)C(F)(F)F. The molecule has 5 heteroatoms. The van der Waals surface area contributed by atoms with E-state index in [1.165, 1.54) is 13.2 Å². The third-order valence-corrected chi connectivity index (χ3v) is 3.37. The third kappa shape index (κ3) is 3.29. The molecule has 0 spiro atoms. The van der Waals surface area contributed by atoms with Crippen molar-refractivity contribution in [1.29, 1.82) is 0 Å². The summed E-state index contributed by atoms with van der Waals surface area (Å²) in [6.45, 7) is 2.15. The van der Waals surface area contributed by atoms with Gasteiger partial charge in [0.15, 0.2) is 0 Å². The molecule has 0 radical (unpaired) electrons. The normalized spacial score (nSPS) is 13.4. The Morgan fingerprint density at radius 3 is 2.33 bits per heavy atom. The van der Waals surface area contributed by atoms with Crippen LogP contribution < -0.4 is 10.1 Å². The summed E-state index contributed by atoms with van der Waals surface area (Å²) in [7, 11) is 1.51. The Bertz CT molecular complexity index is 610. The lowest BCUT2D eigenvalue weighted by atomic mass is 9.97. The van der Waals surface area contributed by atoms with Crippen LogP contribution in [0.1, 0.15) is 24.9 Å². The number of methoxy groups -OCH3 is 1. The van der Waals surface area contributed by atoms with Crippen LogP contribution in [0.3, 0.4) is 0 Å². The van der Waals surface area contributed by atoms with Gasteiger partial charge in [0.2, 0.25) is 0 Å². The van der Waals surface area contributed by atoms with Crippen LogP contribution in [0.15, 0.2) is 36.4 Å². The summed E-state index contributed by atoms with van der Waals surface area (Å²) in [5.41, 5.74) is 0.229. The number of benzene rings is 2. The first-order valence-electron chi connectivity index (χ1n) is 6.84. The maximum Gasteiger partial charge on any atom is 0.407 e. The Morgan fingerprint density at radius 1 is 1.10 bits per heavy atom. The van der Waals surface area contributed by atoms with E-state index in [9.17, 15) is 13.2 Å². The zero-order valence-corrected chi connectivity index (χ0v) is 12.0. The van der Waals surface area contributed by atoms with E-state index in [0.29, 0.717) is 29.5 Å². The number of nitrogens with one attached hydrogen (secondary N) is 1. The number of alkyl halides is 3. The molecule has 0 saturated heterocycles. The van der Waals surface area contributed by atoms with Crippen LogP contribution in [-0.2, 0) is 0 Å². The molecular weight excluding hydrogens is 279 g/mol. The highest BCUT2D eigenvalue weighted by Crippen LogP contribution is 2.38. The third-order valence-electron chi connectivity index (χ3n) is 3.37. The van der Waals surface area contributed by atoms with E-state index in [1.807, 2.05) is 6.92 Å². The highest BCUT2D eigenvalue weighted by atomic mass is 19.4. The van der Waals surface area contributed by atoms with Gasteiger partial charge in [0.1, 0.15) is 11.8 Å². The summed E-state index contributed by atoms with van der Waals surface area (Å²) in [5.74, 6) is 0.575. The minimum Gasteiger partial charge on any atom is -0.496 e. The molecule has 114 valence electrons. The molecule has 0 bridgehead atoms. The maximum absolute atomic E-state index is 13.3. The van der Waals surface area contributed by atoms with E-state index in [1.54, 1.807) is 30.3 Å². The van der Waals surface area contributed by atoms with E-state index in [4.69, 9.17) is 4.74 Å². The van der Waals surface area contributed by atoms with Crippen molar-refractivity contribution >= 4 is 10.8 Å². The van der Waals surface area contributed by atoms with E-state index in [2.05, 4.69) is 5.32 Å². The average Bonchev–Trinajstić information content (AvgIpc) is 2.46. The first-order valence-corrected chi connectivity index (χ1v) is 6.84. The van der Waals surface area contributed by atoms with Crippen LogP contribution >= 0.6 is 0 Å². The molecule has 21 heavy (non-hydrogen) atoms. The van der Waals surface area contributed by atoms with E-state index in [-0.39, 0.29) is 5.56 Å². The van der Waals surface area contributed by atoms with Gasteiger partial charge in [0.05, 0.1) is 7.11 Å². The van der Waals surface area contributed by atoms with Crippen molar-refractivity contribution in [2.45, 2.75) is 25.6 Å². The minimum absolute atomic E-state index is 0.229. The van der Waals surface area contributed by atoms with Crippen LogP contribution in [0.4, 0.5) is 13.2 Å². The highest BCUT2D eigenvalue weighted by molar-refractivity contribution is 5.91. The first-order chi connectivity index (χ1) is 9.99. The van der Waals surface area contributed by atoms with Crippen molar-refractivity contribution in [3.63, 3.8) is 0 Å². The molecule has 2 rings (SSSR count). The van der Waals surface area contributed by atoms with Crippen molar-refractivity contribution in [1.82, 2.24) is 5.32 Å². The van der Waals surface area contributed by atoms with Crippen LogP contribution in [-0.4, -0.2) is 19.8 Å². The zero-order chi connectivity index (χ0) is 15.5. The van der Waals surface area contributed by atoms with Gasteiger partial charge in [-0.25, -0.2) is 0 Å². The molecule has 0 fully saturated rings. The standard InChI is InChI=1S/C16H18F3NO/c1-3-10-20-15(16(17,18)19)13-8-9-14(21-2)12-7-5-4-6-11(12)13/h4-9,15,20H,3,10H2,1-2H3. The lowest BCUT2D eigenvalue weighted by molar-refractivity contribution is -0.157. The van der Waals surface area contributed by atoms with Crippen molar-refractivity contribution in [3.8, 4) is 5.75 Å². The molecule has 0 saturated carbocycles.